The van der Waals surface area contributed by atoms with E-state index in [0.717, 1.165) is 12.8 Å². The molecule has 10 heavy (non-hydrogen) atoms. The zero-order chi connectivity index (χ0) is 7.61. The minimum atomic E-state index is -2.97. The fraction of sp³-hybridized carbons (Fsp3) is 0.667. The Hall–Kier alpha value is -0.350. The lowest BCUT2D eigenvalue weighted by Crippen LogP contribution is -2.39. The summed E-state index contributed by atoms with van der Waals surface area (Å²) in [4.78, 5) is 0. The molecule has 4 heteroatoms. The average molecular weight is 161 g/mol. The Bertz CT molecular complexity index is 220. The lowest BCUT2D eigenvalue weighted by molar-refractivity contribution is 0.535. The number of hydrogen-bond donors (Lipinski definition) is 1. The first-order valence-electron chi connectivity index (χ1n) is 3.26. The smallest absolute Gasteiger partial charge is 0.212 e. The van der Waals surface area contributed by atoms with E-state index in [4.69, 9.17) is 0 Å². The van der Waals surface area contributed by atoms with E-state index < -0.39 is 10.0 Å². The molecule has 1 atom stereocenters. The highest BCUT2D eigenvalue weighted by atomic mass is 32.2. The standard InChI is InChI=1S/C6H11NO2S/c1-2-6-4-3-5-10(8,9)7-6/h2,6-7H,1,3-5H2/t6-/m0/s1. The van der Waals surface area contributed by atoms with Crippen molar-refractivity contribution in [2.45, 2.75) is 18.9 Å². The van der Waals surface area contributed by atoms with Crippen molar-refractivity contribution < 1.29 is 8.42 Å². The van der Waals surface area contributed by atoms with Crippen LogP contribution >= 0.6 is 0 Å². The topological polar surface area (TPSA) is 46.2 Å². The molecule has 1 rings (SSSR count). The van der Waals surface area contributed by atoms with Gasteiger partial charge in [0.15, 0.2) is 0 Å². The van der Waals surface area contributed by atoms with Gasteiger partial charge in [0.1, 0.15) is 0 Å². The van der Waals surface area contributed by atoms with E-state index in [9.17, 15) is 8.42 Å². The average Bonchev–Trinajstić information content (AvgIpc) is 1.86. The van der Waals surface area contributed by atoms with Gasteiger partial charge in [-0.15, -0.1) is 6.58 Å². The summed E-state index contributed by atoms with van der Waals surface area (Å²) in [6.07, 6.45) is 3.26. The van der Waals surface area contributed by atoms with Crippen LogP contribution in [0.15, 0.2) is 12.7 Å². The molecular weight excluding hydrogens is 150 g/mol. The van der Waals surface area contributed by atoms with Crippen molar-refractivity contribution in [2.24, 2.45) is 0 Å². The van der Waals surface area contributed by atoms with Gasteiger partial charge < -0.3 is 0 Å². The molecule has 1 saturated heterocycles. The molecule has 0 saturated carbocycles. The van der Waals surface area contributed by atoms with Crippen molar-refractivity contribution in [3.05, 3.63) is 12.7 Å². The van der Waals surface area contributed by atoms with Crippen molar-refractivity contribution >= 4 is 10.0 Å². The van der Waals surface area contributed by atoms with Gasteiger partial charge in [-0.3, -0.25) is 0 Å². The second kappa shape index (κ2) is 2.72. The summed E-state index contributed by atoms with van der Waals surface area (Å²) in [5.41, 5.74) is 0. The molecule has 1 N–H and O–H groups in total. The van der Waals surface area contributed by atoms with Crippen LogP contribution in [0.5, 0.6) is 0 Å². The Kier molecular flexibility index (Phi) is 2.11. The number of rotatable bonds is 1. The quantitative estimate of drug-likeness (QED) is 0.560. The Balaban J connectivity index is 2.65. The highest BCUT2D eigenvalue weighted by Gasteiger charge is 2.20. The maximum absolute atomic E-state index is 10.9. The van der Waals surface area contributed by atoms with Gasteiger partial charge in [-0.2, -0.15) is 0 Å². The van der Waals surface area contributed by atoms with E-state index >= 15 is 0 Å². The van der Waals surface area contributed by atoms with Crippen LogP contribution in [0.4, 0.5) is 0 Å². The second-order valence-corrected chi connectivity index (χ2v) is 4.29. The van der Waals surface area contributed by atoms with Gasteiger partial charge >= 0.3 is 0 Å². The van der Waals surface area contributed by atoms with Crippen molar-refractivity contribution in [1.29, 1.82) is 0 Å². The van der Waals surface area contributed by atoms with Gasteiger partial charge in [0.25, 0.3) is 0 Å². The third kappa shape index (κ3) is 1.82. The van der Waals surface area contributed by atoms with Crippen LogP contribution in [0.25, 0.3) is 0 Å². The third-order valence-electron chi connectivity index (χ3n) is 1.54. The minimum absolute atomic E-state index is 0.0428. The lowest BCUT2D eigenvalue weighted by Gasteiger charge is -2.19. The molecule has 0 spiro atoms. The second-order valence-electron chi connectivity index (χ2n) is 2.42. The third-order valence-corrected chi connectivity index (χ3v) is 3.03. The first-order chi connectivity index (χ1) is 4.64. The molecule has 1 fully saturated rings. The van der Waals surface area contributed by atoms with E-state index in [2.05, 4.69) is 11.3 Å². The summed E-state index contributed by atoms with van der Waals surface area (Å²) >= 11 is 0. The monoisotopic (exact) mass is 161 g/mol. The van der Waals surface area contributed by atoms with E-state index in [1.807, 2.05) is 0 Å². The summed E-state index contributed by atoms with van der Waals surface area (Å²) in [5, 5.41) is 0. The van der Waals surface area contributed by atoms with E-state index in [1.54, 1.807) is 6.08 Å². The van der Waals surface area contributed by atoms with Crippen LogP contribution in [0.1, 0.15) is 12.8 Å². The van der Waals surface area contributed by atoms with Gasteiger partial charge in [0, 0.05) is 6.04 Å². The van der Waals surface area contributed by atoms with Crippen LogP contribution < -0.4 is 4.72 Å². The molecule has 0 radical (unpaired) electrons. The summed E-state index contributed by atoms with van der Waals surface area (Å²) in [7, 11) is -2.97. The van der Waals surface area contributed by atoms with Crippen LogP contribution in [-0.4, -0.2) is 20.2 Å². The van der Waals surface area contributed by atoms with Crippen LogP contribution in [0.3, 0.4) is 0 Å². The molecule has 1 aliphatic rings. The normalized spacial score (nSPS) is 31.4. The fourth-order valence-corrected chi connectivity index (χ4v) is 2.35. The number of hydrogen-bond acceptors (Lipinski definition) is 2. The molecule has 58 valence electrons. The number of nitrogens with one attached hydrogen (secondary N) is 1. The molecule has 0 amide bonds. The number of sulfonamides is 1. The van der Waals surface area contributed by atoms with Gasteiger partial charge in [-0.25, -0.2) is 13.1 Å². The Labute approximate surface area is 61.2 Å². The summed E-state index contributed by atoms with van der Waals surface area (Å²) in [5.74, 6) is 0.261. The van der Waals surface area contributed by atoms with Gasteiger partial charge in [-0.1, -0.05) is 6.08 Å². The summed E-state index contributed by atoms with van der Waals surface area (Å²) < 4.78 is 24.2. The highest BCUT2D eigenvalue weighted by molar-refractivity contribution is 7.89. The van der Waals surface area contributed by atoms with Crippen LogP contribution in [0.2, 0.25) is 0 Å². The molecule has 0 bridgehead atoms. The fourth-order valence-electron chi connectivity index (χ4n) is 1.01. The van der Waals surface area contributed by atoms with Crippen molar-refractivity contribution in [3.8, 4) is 0 Å². The van der Waals surface area contributed by atoms with E-state index in [0.29, 0.717) is 0 Å². The molecule has 1 heterocycles. The van der Waals surface area contributed by atoms with Gasteiger partial charge in [-0.05, 0) is 12.8 Å². The van der Waals surface area contributed by atoms with Crippen molar-refractivity contribution in [1.82, 2.24) is 4.72 Å². The first-order valence-corrected chi connectivity index (χ1v) is 4.92. The molecule has 0 aromatic heterocycles. The molecule has 0 unspecified atom stereocenters. The largest absolute Gasteiger partial charge is 0.212 e. The molecule has 1 aliphatic heterocycles. The molecule has 0 aliphatic carbocycles. The zero-order valence-electron chi connectivity index (χ0n) is 5.71. The summed E-state index contributed by atoms with van der Waals surface area (Å²) in [6, 6.07) is -0.0428. The Morgan fingerprint density at radius 3 is 2.70 bits per heavy atom. The van der Waals surface area contributed by atoms with Crippen LogP contribution in [-0.2, 0) is 10.0 Å². The maximum Gasteiger partial charge on any atom is 0.212 e. The molecular formula is C6H11NO2S. The van der Waals surface area contributed by atoms with E-state index in [1.165, 1.54) is 0 Å². The highest BCUT2D eigenvalue weighted by Crippen LogP contribution is 2.08. The molecule has 0 aromatic rings. The first kappa shape index (κ1) is 7.75. The molecule has 0 aromatic carbocycles. The summed E-state index contributed by atoms with van der Waals surface area (Å²) in [6.45, 7) is 3.52. The van der Waals surface area contributed by atoms with Crippen LogP contribution in [0, 0.1) is 0 Å². The van der Waals surface area contributed by atoms with Crippen molar-refractivity contribution in [3.63, 3.8) is 0 Å². The Morgan fingerprint density at radius 1 is 1.60 bits per heavy atom. The predicted molar refractivity (Wildman–Crippen MR) is 40.1 cm³/mol. The minimum Gasteiger partial charge on any atom is -0.212 e. The van der Waals surface area contributed by atoms with Gasteiger partial charge in [0.2, 0.25) is 10.0 Å². The van der Waals surface area contributed by atoms with Gasteiger partial charge in [0.05, 0.1) is 5.75 Å². The predicted octanol–water partition coefficient (Wildman–Crippen LogP) is 0.254. The van der Waals surface area contributed by atoms with Crippen molar-refractivity contribution in [2.75, 3.05) is 5.75 Å². The lowest BCUT2D eigenvalue weighted by atomic mass is 10.2. The zero-order valence-corrected chi connectivity index (χ0v) is 6.52. The SMILES string of the molecule is C=C[C@H]1CCCS(=O)(=O)N1. The maximum atomic E-state index is 10.9. The Morgan fingerprint density at radius 2 is 2.30 bits per heavy atom. The molecule has 3 nitrogen and oxygen atoms in total. The van der Waals surface area contributed by atoms with E-state index in [-0.39, 0.29) is 11.8 Å².